The number of benzene rings is 5. The number of aromatic nitrogens is 2. The second-order valence-corrected chi connectivity index (χ2v) is 14.8. The number of rotatable bonds is 8. The fourth-order valence-electron chi connectivity index (χ4n) is 7.29. The van der Waals surface area contributed by atoms with Gasteiger partial charge in [0.05, 0.1) is 18.5 Å². The van der Waals surface area contributed by atoms with Crippen LogP contribution in [0.4, 0.5) is 10.6 Å². The summed E-state index contributed by atoms with van der Waals surface area (Å²) >= 11 is 6.77. The smallest absolute Gasteiger partial charge is 0.410 e. The van der Waals surface area contributed by atoms with Gasteiger partial charge in [0.15, 0.2) is 5.82 Å². The third kappa shape index (κ3) is 7.11. The number of halogens is 1. The van der Waals surface area contributed by atoms with Gasteiger partial charge in [-0.25, -0.2) is 9.48 Å². The summed E-state index contributed by atoms with van der Waals surface area (Å²) in [5, 5.41) is 9.87. The second-order valence-electron chi connectivity index (χ2n) is 14.4. The Kier molecular flexibility index (Phi) is 9.99. The average molecular weight is 727 g/mol. The average Bonchev–Trinajstić information content (AvgIpc) is 3.53. The molecule has 0 aliphatic carbocycles. The number of methoxy groups -OCH3 is 1. The van der Waals surface area contributed by atoms with Gasteiger partial charge in [-0.3, -0.25) is 4.79 Å². The van der Waals surface area contributed by atoms with Crippen molar-refractivity contribution in [2.75, 3.05) is 25.5 Å². The number of amides is 2. The minimum absolute atomic E-state index is 0.209. The van der Waals surface area contributed by atoms with Crippen LogP contribution < -0.4 is 10.1 Å². The second kappa shape index (κ2) is 14.8. The minimum atomic E-state index is -0.932. The molecular weight excluding hydrogens is 684 g/mol. The van der Waals surface area contributed by atoms with Crippen LogP contribution in [0.3, 0.4) is 0 Å². The van der Waals surface area contributed by atoms with Gasteiger partial charge in [0.2, 0.25) is 5.91 Å². The van der Waals surface area contributed by atoms with Crippen molar-refractivity contribution in [3.63, 3.8) is 0 Å². The third-order valence-corrected chi connectivity index (χ3v) is 10.1. The molecule has 1 aromatic heterocycles. The Hall–Kier alpha value is -5.60. The first-order valence-electron chi connectivity index (χ1n) is 17.9. The fraction of sp³-hybridized carbons (Fsp3) is 0.250. The summed E-state index contributed by atoms with van der Waals surface area (Å²) < 4.78 is 13.2. The molecule has 270 valence electrons. The quantitative estimate of drug-likeness (QED) is 0.158. The molecule has 0 bridgehead atoms. The zero-order valence-electron chi connectivity index (χ0n) is 30.4. The van der Waals surface area contributed by atoms with Gasteiger partial charge in [0.25, 0.3) is 0 Å². The molecule has 53 heavy (non-hydrogen) atoms. The molecule has 6 aromatic rings. The Balaban J connectivity index is 1.42. The van der Waals surface area contributed by atoms with Gasteiger partial charge in [-0.1, -0.05) is 109 Å². The van der Waals surface area contributed by atoms with E-state index in [1.807, 2.05) is 116 Å². The van der Waals surface area contributed by atoms with E-state index in [-0.39, 0.29) is 12.5 Å². The van der Waals surface area contributed by atoms with E-state index in [9.17, 15) is 9.59 Å². The number of nitrogens with zero attached hydrogens (tertiary/aromatic N) is 3. The lowest BCUT2D eigenvalue weighted by Crippen LogP contribution is -2.45. The zero-order valence-corrected chi connectivity index (χ0v) is 31.1. The highest BCUT2D eigenvalue weighted by molar-refractivity contribution is 6.33. The Morgan fingerprint density at radius 1 is 0.811 bits per heavy atom. The largest absolute Gasteiger partial charge is 0.497 e. The Bertz CT molecular complexity index is 2140. The van der Waals surface area contributed by atoms with Crippen molar-refractivity contribution in [3.05, 3.63) is 149 Å². The molecule has 2 amide bonds. The molecule has 5 aromatic carbocycles. The minimum Gasteiger partial charge on any atom is -0.497 e. The summed E-state index contributed by atoms with van der Waals surface area (Å²) in [6, 6.07) is 42.5. The van der Waals surface area contributed by atoms with E-state index in [2.05, 4.69) is 41.7 Å². The van der Waals surface area contributed by atoms with E-state index in [0.29, 0.717) is 36.0 Å². The highest BCUT2D eigenvalue weighted by atomic mass is 35.5. The van der Waals surface area contributed by atoms with Crippen molar-refractivity contribution in [1.29, 1.82) is 0 Å². The number of anilines is 1. The van der Waals surface area contributed by atoms with Crippen molar-refractivity contribution in [2.24, 2.45) is 5.92 Å². The lowest BCUT2D eigenvalue weighted by molar-refractivity contribution is -0.121. The Morgan fingerprint density at radius 2 is 1.42 bits per heavy atom. The van der Waals surface area contributed by atoms with Gasteiger partial charge in [-0.2, -0.15) is 5.10 Å². The maximum absolute atomic E-state index is 14.2. The van der Waals surface area contributed by atoms with Crippen molar-refractivity contribution < 1.29 is 19.1 Å². The third-order valence-electron chi connectivity index (χ3n) is 9.74. The highest BCUT2D eigenvalue weighted by Gasteiger charge is 2.41. The molecule has 8 nitrogen and oxygen atoms in total. The van der Waals surface area contributed by atoms with Crippen molar-refractivity contribution in [3.8, 4) is 16.9 Å². The van der Waals surface area contributed by atoms with Crippen LogP contribution in [0.5, 0.6) is 5.75 Å². The summed E-state index contributed by atoms with van der Waals surface area (Å²) in [5.74, 6) is 0.429. The van der Waals surface area contributed by atoms with Crippen LogP contribution in [0.25, 0.3) is 22.0 Å². The van der Waals surface area contributed by atoms with Crippen LogP contribution in [0.2, 0.25) is 5.02 Å². The number of hydrogen-bond acceptors (Lipinski definition) is 5. The highest BCUT2D eigenvalue weighted by Crippen LogP contribution is 2.44. The molecule has 7 rings (SSSR count). The van der Waals surface area contributed by atoms with Crippen LogP contribution >= 0.6 is 11.6 Å². The summed E-state index contributed by atoms with van der Waals surface area (Å²) in [6.07, 6.45) is 0.906. The number of fused-ring (bicyclic) bond motifs is 1. The molecule has 0 spiro atoms. The van der Waals surface area contributed by atoms with Crippen molar-refractivity contribution in [1.82, 2.24) is 14.7 Å². The van der Waals surface area contributed by atoms with E-state index in [0.717, 1.165) is 38.7 Å². The van der Waals surface area contributed by atoms with Crippen LogP contribution in [0.1, 0.15) is 50.3 Å². The van der Waals surface area contributed by atoms with Gasteiger partial charge in [-0.15, -0.1) is 0 Å². The topological polar surface area (TPSA) is 85.7 Å². The first kappa shape index (κ1) is 35.8. The number of ether oxygens (including phenoxy) is 2. The molecular formula is C44H43ClN4O4. The van der Waals surface area contributed by atoms with Crippen LogP contribution in [-0.2, 0) is 15.1 Å². The fourth-order valence-corrected chi connectivity index (χ4v) is 7.52. The molecule has 1 fully saturated rings. The van der Waals surface area contributed by atoms with Gasteiger partial charge in [0.1, 0.15) is 16.9 Å². The first-order valence-corrected chi connectivity index (χ1v) is 18.3. The predicted octanol–water partition coefficient (Wildman–Crippen LogP) is 9.79. The summed E-state index contributed by atoms with van der Waals surface area (Å²) in [7, 11) is 1.62. The lowest BCUT2D eigenvalue weighted by Gasteiger charge is -2.37. The summed E-state index contributed by atoms with van der Waals surface area (Å²) in [4.78, 5) is 28.9. The maximum Gasteiger partial charge on any atom is 0.410 e. The number of likely N-dealkylation sites (tertiary alicyclic amines) is 1. The number of carbonyl (C=O) groups excluding carboxylic acids is 2. The maximum atomic E-state index is 14.2. The zero-order chi connectivity index (χ0) is 37.2. The SMILES string of the molecule is COc1ccc(Cl)c(-c2ccc3c(c2)c(NC(=O)[C@@H]2CCCN(C(=O)OC(C)(C)C)C2)nn3C(c2ccccc2)(c2ccccc2)c2ccccc2)c1. The summed E-state index contributed by atoms with van der Waals surface area (Å²) in [6.45, 7) is 6.32. The van der Waals surface area contributed by atoms with Gasteiger partial charge in [0, 0.05) is 29.1 Å². The first-order chi connectivity index (χ1) is 25.6. The van der Waals surface area contributed by atoms with E-state index in [4.69, 9.17) is 26.2 Å². The molecule has 1 N–H and O–H groups in total. The van der Waals surface area contributed by atoms with Crippen LogP contribution in [0, 0.1) is 5.92 Å². The summed E-state index contributed by atoms with van der Waals surface area (Å²) in [5.41, 5.74) is 3.87. The molecule has 1 aliphatic rings. The molecule has 2 heterocycles. The van der Waals surface area contributed by atoms with Crippen molar-refractivity contribution >= 4 is 40.3 Å². The molecule has 1 atom stereocenters. The Morgan fingerprint density at radius 3 is 1.98 bits per heavy atom. The number of nitrogens with one attached hydrogen (secondary N) is 1. The van der Waals surface area contributed by atoms with E-state index in [1.165, 1.54) is 0 Å². The molecule has 1 saturated heterocycles. The Labute approximate surface area is 315 Å². The predicted molar refractivity (Wildman–Crippen MR) is 210 cm³/mol. The van der Waals surface area contributed by atoms with Gasteiger partial charge >= 0.3 is 6.09 Å². The lowest BCUT2D eigenvalue weighted by atomic mass is 9.77. The van der Waals surface area contributed by atoms with E-state index < -0.39 is 23.2 Å². The number of piperidine rings is 1. The standard InChI is InChI=1S/C44H43ClN4O4/c1-43(2,3)53-42(51)48-26-14-15-31(29-48)41(50)46-40-37-27-30(36-28-35(52-4)23-24-38(36)45)22-25-39(37)49(47-40)44(32-16-8-5-9-17-32,33-18-10-6-11-19-33)34-20-12-7-13-21-34/h5-13,16-25,27-28,31H,14-15,26,29H2,1-4H3,(H,46,47,50)/t31-/m1/s1. The van der Waals surface area contributed by atoms with Gasteiger partial charge < -0.3 is 19.7 Å². The molecule has 1 aliphatic heterocycles. The molecule has 0 saturated carbocycles. The number of hydrogen-bond donors (Lipinski definition) is 1. The molecule has 0 unspecified atom stereocenters. The molecule has 9 heteroatoms. The monoisotopic (exact) mass is 726 g/mol. The van der Waals surface area contributed by atoms with Crippen molar-refractivity contribution in [2.45, 2.75) is 44.8 Å². The van der Waals surface area contributed by atoms with E-state index in [1.54, 1.807) is 12.0 Å². The van der Waals surface area contributed by atoms with E-state index >= 15 is 0 Å². The van der Waals surface area contributed by atoms with Crippen LogP contribution in [0.15, 0.2) is 127 Å². The number of carbonyl (C=O) groups is 2. The van der Waals surface area contributed by atoms with Gasteiger partial charge in [-0.05, 0) is 86.2 Å². The normalized spacial score (nSPS) is 14.9. The van der Waals surface area contributed by atoms with Crippen LogP contribution in [-0.4, -0.2) is 52.5 Å². The molecule has 0 radical (unpaired) electrons.